The van der Waals surface area contributed by atoms with Gasteiger partial charge < -0.3 is 9.64 Å². The van der Waals surface area contributed by atoms with E-state index in [1.807, 2.05) is 4.90 Å². The van der Waals surface area contributed by atoms with Gasteiger partial charge in [-0.2, -0.15) is 8.78 Å². The molecule has 1 fully saturated rings. The Morgan fingerprint density at radius 3 is 2.71 bits per heavy atom. The number of nitrogens with zero attached hydrogens (tertiary/aromatic N) is 2. The third kappa shape index (κ3) is 3.80. The molecule has 1 aromatic carbocycles. The smallest absolute Gasteiger partial charge is 0.387 e. The predicted octanol–water partition coefficient (Wildman–Crippen LogP) is 3.82. The van der Waals surface area contributed by atoms with Crippen molar-refractivity contribution in [3.05, 3.63) is 28.3 Å². The second kappa shape index (κ2) is 5.83. The average Bonchev–Trinajstić information content (AvgIpc) is 2.36. The SMILES string of the molecule is CC1(C)CCCN(c2ccc([N+](=O)[O-])c(OC(F)F)c2)C1. The largest absolute Gasteiger partial charge is 0.427 e. The molecule has 0 aliphatic carbocycles. The molecule has 1 aromatic rings. The van der Waals surface area contributed by atoms with Crippen LogP contribution in [0, 0.1) is 15.5 Å². The third-order valence-corrected chi connectivity index (χ3v) is 3.62. The minimum absolute atomic E-state index is 0.129. The summed E-state index contributed by atoms with van der Waals surface area (Å²) in [5, 5.41) is 10.9. The minimum atomic E-state index is -3.09. The Morgan fingerprint density at radius 2 is 2.14 bits per heavy atom. The summed E-state index contributed by atoms with van der Waals surface area (Å²) in [5.41, 5.74) is 0.350. The molecule has 0 saturated carbocycles. The molecular formula is C14H18F2N2O3. The first kappa shape index (κ1) is 15.5. The molecule has 1 heterocycles. The van der Waals surface area contributed by atoms with Gasteiger partial charge in [0.2, 0.25) is 5.75 Å². The molecule has 0 bridgehead atoms. The molecule has 2 rings (SSSR count). The van der Waals surface area contributed by atoms with Gasteiger partial charge in [0, 0.05) is 30.9 Å². The van der Waals surface area contributed by atoms with Crippen LogP contribution in [0.4, 0.5) is 20.2 Å². The van der Waals surface area contributed by atoms with Crippen molar-refractivity contribution in [2.75, 3.05) is 18.0 Å². The van der Waals surface area contributed by atoms with Crippen molar-refractivity contribution in [3.63, 3.8) is 0 Å². The summed E-state index contributed by atoms with van der Waals surface area (Å²) in [4.78, 5) is 12.2. The minimum Gasteiger partial charge on any atom is -0.427 e. The molecule has 0 radical (unpaired) electrons. The lowest BCUT2D eigenvalue weighted by Gasteiger charge is -2.39. The topological polar surface area (TPSA) is 55.6 Å². The van der Waals surface area contributed by atoms with Crippen LogP contribution in [0.1, 0.15) is 26.7 Å². The van der Waals surface area contributed by atoms with E-state index in [-0.39, 0.29) is 5.41 Å². The fraction of sp³-hybridized carbons (Fsp3) is 0.571. The van der Waals surface area contributed by atoms with Gasteiger partial charge >= 0.3 is 12.3 Å². The Hall–Kier alpha value is -1.92. The van der Waals surface area contributed by atoms with Crippen LogP contribution in [-0.4, -0.2) is 24.6 Å². The van der Waals surface area contributed by atoms with E-state index < -0.39 is 23.0 Å². The van der Waals surface area contributed by atoms with Gasteiger partial charge in [-0.25, -0.2) is 0 Å². The molecule has 1 aliphatic rings. The van der Waals surface area contributed by atoms with Crippen molar-refractivity contribution < 1.29 is 18.4 Å². The van der Waals surface area contributed by atoms with Gasteiger partial charge in [-0.3, -0.25) is 10.1 Å². The van der Waals surface area contributed by atoms with Crippen LogP contribution < -0.4 is 9.64 Å². The van der Waals surface area contributed by atoms with E-state index in [0.29, 0.717) is 5.69 Å². The molecular weight excluding hydrogens is 282 g/mol. The quantitative estimate of drug-likeness (QED) is 0.626. The molecule has 0 unspecified atom stereocenters. The second-order valence-electron chi connectivity index (χ2n) is 5.98. The Balaban J connectivity index is 2.30. The van der Waals surface area contributed by atoms with Gasteiger partial charge in [0.15, 0.2) is 0 Å². The zero-order valence-electron chi connectivity index (χ0n) is 12.0. The first-order valence-corrected chi connectivity index (χ1v) is 6.77. The van der Waals surface area contributed by atoms with Gasteiger partial charge in [0.1, 0.15) is 0 Å². The van der Waals surface area contributed by atoms with E-state index >= 15 is 0 Å². The molecule has 1 saturated heterocycles. The van der Waals surface area contributed by atoms with Gasteiger partial charge in [0.25, 0.3) is 0 Å². The predicted molar refractivity (Wildman–Crippen MR) is 75.0 cm³/mol. The van der Waals surface area contributed by atoms with Crippen LogP contribution in [0.25, 0.3) is 0 Å². The average molecular weight is 300 g/mol. The van der Waals surface area contributed by atoms with E-state index in [9.17, 15) is 18.9 Å². The number of rotatable bonds is 4. The monoisotopic (exact) mass is 300 g/mol. The Bertz CT molecular complexity index is 535. The highest BCUT2D eigenvalue weighted by Gasteiger charge is 2.28. The van der Waals surface area contributed by atoms with E-state index in [1.165, 1.54) is 12.1 Å². The van der Waals surface area contributed by atoms with E-state index in [2.05, 4.69) is 18.6 Å². The van der Waals surface area contributed by atoms with E-state index in [1.54, 1.807) is 6.07 Å². The van der Waals surface area contributed by atoms with Crippen molar-refractivity contribution in [2.24, 2.45) is 5.41 Å². The molecule has 0 amide bonds. The Kier molecular flexibility index (Phi) is 4.29. The molecule has 21 heavy (non-hydrogen) atoms. The fourth-order valence-corrected chi connectivity index (χ4v) is 2.68. The number of alkyl halides is 2. The molecule has 0 atom stereocenters. The Morgan fingerprint density at radius 1 is 1.43 bits per heavy atom. The van der Waals surface area contributed by atoms with Gasteiger partial charge in [-0.1, -0.05) is 13.8 Å². The number of piperidine rings is 1. The Labute approximate surface area is 121 Å². The number of hydrogen-bond acceptors (Lipinski definition) is 4. The number of anilines is 1. The number of benzene rings is 1. The second-order valence-corrected chi connectivity index (χ2v) is 5.98. The maximum atomic E-state index is 12.4. The van der Waals surface area contributed by atoms with Crippen LogP contribution in [-0.2, 0) is 0 Å². The maximum absolute atomic E-state index is 12.4. The summed E-state index contributed by atoms with van der Waals surface area (Å²) >= 11 is 0. The number of ether oxygens (including phenoxy) is 1. The van der Waals surface area contributed by atoms with Gasteiger partial charge in [-0.05, 0) is 24.3 Å². The van der Waals surface area contributed by atoms with Crippen LogP contribution in [0.5, 0.6) is 5.75 Å². The molecule has 5 nitrogen and oxygen atoms in total. The van der Waals surface area contributed by atoms with Crippen molar-refractivity contribution in [2.45, 2.75) is 33.3 Å². The molecule has 116 valence electrons. The summed E-state index contributed by atoms with van der Waals surface area (Å²) in [6.07, 6.45) is 2.09. The van der Waals surface area contributed by atoms with Gasteiger partial charge in [-0.15, -0.1) is 0 Å². The van der Waals surface area contributed by atoms with Crippen molar-refractivity contribution >= 4 is 11.4 Å². The highest BCUT2D eigenvalue weighted by molar-refractivity contribution is 5.59. The molecule has 1 aliphatic heterocycles. The van der Waals surface area contributed by atoms with Crippen LogP contribution in [0.15, 0.2) is 18.2 Å². The van der Waals surface area contributed by atoms with Crippen LogP contribution in [0.2, 0.25) is 0 Å². The first-order chi connectivity index (χ1) is 9.78. The van der Waals surface area contributed by atoms with E-state index in [4.69, 9.17) is 0 Å². The fourth-order valence-electron chi connectivity index (χ4n) is 2.68. The summed E-state index contributed by atoms with van der Waals surface area (Å²) < 4.78 is 29.1. The number of hydrogen-bond donors (Lipinski definition) is 0. The zero-order valence-corrected chi connectivity index (χ0v) is 12.0. The molecule has 0 N–H and O–H groups in total. The summed E-state index contributed by atoms with van der Waals surface area (Å²) in [6.45, 7) is 2.77. The summed E-state index contributed by atoms with van der Waals surface area (Å²) in [6, 6.07) is 4.12. The van der Waals surface area contributed by atoms with Crippen molar-refractivity contribution in [1.82, 2.24) is 0 Å². The van der Waals surface area contributed by atoms with Gasteiger partial charge in [0.05, 0.1) is 4.92 Å². The summed E-state index contributed by atoms with van der Waals surface area (Å²) in [5.74, 6) is -0.393. The highest BCUT2D eigenvalue weighted by atomic mass is 19.3. The van der Waals surface area contributed by atoms with E-state index in [0.717, 1.165) is 25.9 Å². The molecule has 0 aromatic heterocycles. The number of nitro groups is 1. The lowest BCUT2D eigenvalue weighted by Crippen LogP contribution is -2.40. The standard InChI is InChI=1S/C14H18F2N2O3/c1-14(2)6-3-7-17(9-14)10-4-5-11(18(19)20)12(8-10)21-13(15)16/h4-5,8,13H,3,6-7,9H2,1-2H3. The zero-order chi connectivity index (χ0) is 15.6. The molecule has 7 heteroatoms. The summed E-state index contributed by atoms with van der Waals surface area (Å²) in [7, 11) is 0. The van der Waals surface area contributed by atoms with Crippen molar-refractivity contribution in [3.8, 4) is 5.75 Å². The first-order valence-electron chi connectivity index (χ1n) is 6.77. The number of halogens is 2. The normalized spacial score (nSPS) is 17.9. The highest BCUT2D eigenvalue weighted by Crippen LogP contribution is 2.36. The van der Waals surface area contributed by atoms with Crippen molar-refractivity contribution in [1.29, 1.82) is 0 Å². The van der Waals surface area contributed by atoms with Crippen LogP contribution in [0.3, 0.4) is 0 Å². The number of nitro benzene ring substituents is 1. The lowest BCUT2D eigenvalue weighted by atomic mass is 9.84. The lowest BCUT2D eigenvalue weighted by molar-refractivity contribution is -0.386. The third-order valence-electron chi connectivity index (χ3n) is 3.62. The van der Waals surface area contributed by atoms with Crippen LogP contribution >= 0.6 is 0 Å². The maximum Gasteiger partial charge on any atom is 0.387 e. The molecule has 0 spiro atoms.